The van der Waals surface area contributed by atoms with Gasteiger partial charge in [0.05, 0.1) is 34.5 Å². The summed E-state index contributed by atoms with van der Waals surface area (Å²) in [7, 11) is 2.18. The zero-order valence-electron chi connectivity index (χ0n) is 32.4. The van der Waals surface area contributed by atoms with Gasteiger partial charge in [-0.05, 0) is 105 Å². The van der Waals surface area contributed by atoms with Crippen molar-refractivity contribution in [3.63, 3.8) is 0 Å². The van der Waals surface area contributed by atoms with E-state index in [1.54, 1.807) is 0 Å². The first-order valence-corrected chi connectivity index (χ1v) is 20.0. The number of nitrogens with zero attached hydrogens (tertiary/aromatic N) is 4. The van der Waals surface area contributed by atoms with E-state index in [4.69, 9.17) is 4.98 Å². The van der Waals surface area contributed by atoms with E-state index >= 15 is 0 Å². The van der Waals surface area contributed by atoms with Crippen LogP contribution >= 0.6 is 0 Å². The van der Waals surface area contributed by atoms with Crippen LogP contribution in [0.15, 0.2) is 182 Å². The molecule has 1 aliphatic heterocycles. The molecule has 2 aromatic heterocycles. The molecule has 274 valence electrons. The van der Waals surface area contributed by atoms with E-state index in [9.17, 15) is 0 Å². The molecule has 4 nitrogen and oxygen atoms in total. The molecule has 0 saturated carbocycles. The number of fused-ring (bicyclic) bond motifs is 7. The third kappa shape index (κ3) is 4.90. The van der Waals surface area contributed by atoms with Crippen molar-refractivity contribution in [3.8, 4) is 28.1 Å². The molecule has 11 rings (SSSR count). The Bertz CT molecular complexity index is 2980. The average Bonchev–Trinajstić information content (AvgIpc) is 3.89. The van der Waals surface area contributed by atoms with Crippen LogP contribution in [0.1, 0.15) is 47.6 Å². The second-order valence-electron chi connectivity index (χ2n) is 15.9. The molecule has 57 heavy (non-hydrogen) atoms. The van der Waals surface area contributed by atoms with Gasteiger partial charge in [-0.2, -0.15) is 0 Å². The van der Waals surface area contributed by atoms with Crippen molar-refractivity contribution in [2.45, 2.75) is 25.2 Å². The largest absolute Gasteiger partial charge is 0.355 e. The molecule has 0 N–H and O–H groups in total. The maximum absolute atomic E-state index is 5.09. The van der Waals surface area contributed by atoms with Crippen LogP contribution in [0, 0.1) is 0 Å². The van der Waals surface area contributed by atoms with Gasteiger partial charge in [-0.1, -0.05) is 141 Å². The predicted molar refractivity (Wildman–Crippen MR) is 237 cm³/mol. The molecule has 0 amide bonds. The van der Waals surface area contributed by atoms with Gasteiger partial charge in [-0.3, -0.25) is 4.57 Å². The molecule has 7 aromatic carbocycles. The summed E-state index contributed by atoms with van der Waals surface area (Å²) in [5, 5.41) is 2.43. The van der Waals surface area contributed by atoms with Gasteiger partial charge in [0.2, 0.25) is 0 Å². The van der Waals surface area contributed by atoms with Gasteiger partial charge in [0, 0.05) is 29.7 Å². The summed E-state index contributed by atoms with van der Waals surface area (Å²) in [5.74, 6) is 1.32. The molecule has 4 heteroatoms. The maximum atomic E-state index is 5.09. The van der Waals surface area contributed by atoms with Crippen molar-refractivity contribution in [1.29, 1.82) is 0 Å². The summed E-state index contributed by atoms with van der Waals surface area (Å²) in [6, 6.07) is 65.2. The quantitative estimate of drug-likeness (QED) is 0.170. The van der Waals surface area contributed by atoms with E-state index in [2.05, 4.69) is 211 Å². The molecule has 0 radical (unpaired) electrons. The predicted octanol–water partition coefficient (Wildman–Crippen LogP) is 12.9. The van der Waals surface area contributed by atoms with Gasteiger partial charge >= 0.3 is 0 Å². The minimum Gasteiger partial charge on any atom is -0.355 e. The second kappa shape index (κ2) is 12.8. The lowest BCUT2D eigenvalue weighted by Crippen LogP contribution is -2.29. The fourth-order valence-electron chi connectivity index (χ4n) is 9.95. The van der Waals surface area contributed by atoms with E-state index < -0.39 is 5.41 Å². The molecule has 3 heterocycles. The SMILES string of the molecule is CC(C)c1ccccc1-c1ccnc(-n2c3ccccc3c3ccc(C4(c5cccc(N6CN(C)c7ccccc76)c5)c5ccccc5-c5ccccc54)cc32)c1. The Balaban J connectivity index is 1.18. The first-order chi connectivity index (χ1) is 28.0. The van der Waals surface area contributed by atoms with Crippen LogP contribution in [-0.2, 0) is 5.41 Å². The molecular formula is C53H42N4. The van der Waals surface area contributed by atoms with Gasteiger partial charge in [-0.15, -0.1) is 0 Å². The molecule has 0 spiro atoms. The molecule has 0 unspecified atom stereocenters. The summed E-state index contributed by atoms with van der Waals surface area (Å²) >= 11 is 0. The number of hydrogen-bond donors (Lipinski definition) is 0. The number of benzene rings is 7. The molecule has 0 saturated heterocycles. The first kappa shape index (κ1) is 33.4. The minimum absolute atomic E-state index is 0.404. The van der Waals surface area contributed by atoms with Gasteiger partial charge in [0.1, 0.15) is 5.82 Å². The van der Waals surface area contributed by atoms with Crippen LogP contribution in [0.4, 0.5) is 17.1 Å². The highest BCUT2D eigenvalue weighted by Crippen LogP contribution is 2.57. The Morgan fingerprint density at radius 2 is 1.19 bits per heavy atom. The Morgan fingerprint density at radius 3 is 1.98 bits per heavy atom. The highest BCUT2D eigenvalue weighted by atomic mass is 15.4. The second-order valence-corrected chi connectivity index (χ2v) is 15.9. The van der Waals surface area contributed by atoms with Crippen molar-refractivity contribution in [2.75, 3.05) is 23.5 Å². The summed E-state index contributed by atoms with van der Waals surface area (Å²) in [6.07, 6.45) is 1.97. The van der Waals surface area contributed by atoms with E-state index in [1.807, 2.05) is 6.20 Å². The first-order valence-electron chi connectivity index (χ1n) is 20.0. The van der Waals surface area contributed by atoms with Crippen LogP contribution < -0.4 is 9.80 Å². The smallest absolute Gasteiger partial charge is 0.138 e. The summed E-state index contributed by atoms with van der Waals surface area (Å²) in [4.78, 5) is 9.86. The number of aromatic nitrogens is 2. The van der Waals surface area contributed by atoms with Crippen molar-refractivity contribution < 1.29 is 0 Å². The van der Waals surface area contributed by atoms with Crippen molar-refractivity contribution in [3.05, 3.63) is 210 Å². The molecule has 2 aliphatic rings. The fraction of sp³-hybridized carbons (Fsp3) is 0.113. The van der Waals surface area contributed by atoms with Crippen LogP contribution in [0.25, 0.3) is 49.9 Å². The average molecular weight is 735 g/mol. The molecule has 0 atom stereocenters. The molecule has 0 bridgehead atoms. The standard InChI is InChI=1S/C53H42N4/c1-35(2)40-17-4-5-18-41(40)36-29-30-54-52(31-36)57-48-24-11-8-21-44(48)45-28-27-38(33-51(45)57)53(46-22-9-6-19-42(46)43-20-7-10-23-47(43)53)37-15-14-16-39(32-37)56-34-55(3)49-25-12-13-26-50(49)56/h4-33,35H,34H2,1-3H3. The lowest BCUT2D eigenvalue weighted by Gasteiger charge is -2.35. The Labute approximate surface area is 333 Å². The highest BCUT2D eigenvalue weighted by molar-refractivity contribution is 6.09. The van der Waals surface area contributed by atoms with E-state index in [-0.39, 0.29) is 0 Å². The zero-order chi connectivity index (χ0) is 38.3. The minimum atomic E-state index is -0.574. The van der Waals surface area contributed by atoms with Gasteiger partial charge in [-0.25, -0.2) is 4.98 Å². The van der Waals surface area contributed by atoms with Gasteiger partial charge < -0.3 is 9.80 Å². The number of hydrogen-bond acceptors (Lipinski definition) is 3. The molecule has 9 aromatic rings. The third-order valence-electron chi connectivity index (χ3n) is 12.5. The monoisotopic (exact) mass is 734 g/mol. The molecule has 0 fully saturated rings. The van der Waals surface area contributed by atoms with Crippen molar-refractivity contribution in [1.82, 2.24) is 9.55 Å². The lowest BCUT2D eigenvalue weighted by molar-refractivity contribution is 0.768. The molecular weight excluding hydrogens is 693 g/mol. The Morgan fingerprint density at radius 1 is 0.544 bits per heavy atom. The van der Waals surface area contributed by atoms with Crippen LogP contribution in [0.3, 0.4) is 0 Å². The summed E-state index contributed by atoms with van der Waals surface area (Å²) in [6.45, 7) is 5.33. The molecule has 1 aliphatic carbocycles. The van der Waals surface area contributed by atoms with E-state index in [0.29, 0.717) is 5.92 Å². The fourth-order valence-corrected chi connectivity index (χ4v) is 9.95. The zero-order valence-corrected chi connectivity index (χ0v) is 32.4. The lowest BCUT2D eigenvalue weighted by atomic mass is 9.67. The summed E-state index contributed by atoms with van der Waals surface area (Å²) in [5.41, 5.74) is 16.8. The highest BCUT2D eigenvalue weighted by Gasteiger charge is 2.46. The van der Waals surface area contributed by atoms with Crippen LogP contribution in [0.2, 0.25) is 0 Å². The Hall–Kier alpha value is -6.91. The van der Waals surface area contributed by atoms with Crippen molar-refractivity contribution in [2.24, 2.45) is 0 Å². The summed E-state index contributed by atoms with van der Waals surface area (Å²) < 4.78 is 2.38. The topological polar surface area (TPSA) is 24.3 Å². The third-order valence-corrected chi connectivity index (χ3v) is 12.5. The normalized spacial score (nSPS) is 14.0. The van der Waals surface area contributed by atoms with E-state index in [0.717, 1.165) is 23.5 Å². The van der Waals surface area contributed by atoms with E-state index in [1.165, 1.54) is 77.9 Å². The number of anilines is 3. The van der Waals surface area contributed by atoms with Gasteiger partial charge in [0.25, 0.3) is 0 Å². The van der Waals surface area contributed by atoms with Crippen molar-refractivity contribution >= 4 is 38.9 Å². The number of pyridine rings is 1. The van der Waals surface area contributed by atoms with Crippen LogP contribution in [0.5, 0.6) is 0 Å². The van der Waals surface area contributed by atoms with Gasteiger partial charge in [0.15, 0.2) is 0 Å². The maximum Gasteiger partial charge on any atom is 0.138 e. The number of rotatable bonds is 6. The van der Waals surface area contributed by atoms with Crippen LogP contribution in [-0.4, -0.2) is 23.3 Å². The Kier molecular flexibility index (Phi) is 7.52. The number of para-hydroxylation sites is 3.